The average Bonchev–Trinajstić information content (AvgIpc) is 3.22. The van der Waals surface area contributed by atoms with E-state index >= 15 is 0 Å². The van der Waals surface area contributed by atoms with Crippen molar-refractivity contribution in [2.24, 2.45) is 0 Å². The van der Waals surface area contributed by atoms with Crippen molar-refractivity contribution in [3.63, 3.8) is 0 Å². The number of carbonyl (C=O) groups excluding carboxylic acids is 2. The van der Waals surface area contributed by atoms with Crippen LogP contribution >= 0.6 is 22.7 Å². The smallest absolute Gasteiger partial charge is 0.267 e. The second-order valence-corrected chi connectivity index (χ2v) is 8.17. The Bertz CT molecular complexity index is 689. The molecule has 0 saturated heterocycles. The minimum atomic E-state index is -0.158. The molecule has 2 amide bonds. The molecule has 2 N–H and O–H groups in total. The lowest BCUT2D eigenvalue weighted by Gasteiger charge is -2.20. The molecular weight excluding hydrogens is 354 g/mol. The largest absolute Gasteiger partial charge is 0.353 e. The minimum absolute atomic E-state index is 0.0204. The maximum atomic E-state index is 12.3. The molecule has 0 radical (unpaired) electrons. The minimum Gasteiger partial charge on any atom is -0.353 e. The van der Waals surface area contributed by atoms with Crippen LogP contribution in [0.3, 0.4) is 0 Å². The Hall–Kier alpha value is -1.73. The normalized spacial score (nSPS) is 16.0. The van der Waals surface area contributed by atoms with Crippen LogP contribution in [0, 0.1) is 0 Å². The Kier molecular flexibility index (Phi) is 6.58. The molecule has 0 aliphatic heterocycles. The Balaban J connectivity index is 1.48. The predicted molar refractivity (Wildman–Crippen MR) is 102 cm³/mol. The van der Waals surface area contributed by atoms with Crippen molar-refractivity contribution in [1.82, 2.24) is 10.3 Å². The van der Waals surface area contributed by atoms with Crippen LogP contribution < -0.4 is 10.6 Å². The lowest BCUT2D eigenvalue weighted by atomic mass is 9.96. The van der Waals surface area contributed by atoms with Crippen LogP contribution in [0.2, 0.25) is 0 Å². The van der Waals surface area contributed by atoms with Crippen LogP contribution in [-0.4, -0.2) is 22.8 Å². The van der Waals surface area contributed by atoms with Gasteiger partial charge in [0.15, 0.2) is 5.13 Å². The van der Waals surface area contributed by atoms with Gasteiger partial charge in [0.1, 0.15) is 0 Å². The first-order chi connectivity index (χ1) is 12.2. The third-order valence-corrected chi connectivity index (χ3v) is 6.00. The topological polar surface area (TPSA) is 71.1 Å². The highest BCUT2D eigenvalue weighted by atomic mass is 32.1. The van der Waals surface area contributed by atoms with Crippen molar-refractivity contribution in [3.8, 4) is 0 Å². The molecule has 7 heteroatoms. The van der Waals surface area contributed by atoms with E-state index in [4.69, 9.17) is 0 Å². The molecule has 25 heavy (non-hydrogen) atoms. The number of hydrogen-bond acceptors (Lipinski definition) is 5. The number of nitrogens with one attached hydrogen (secondary N) is 2. The van der Waals surface area contributed by atoms with Crippen molar-refractivity contribution in [3.05, 3.63) is 33.5 Å². The van der Waals surface area contributed by atoms with E-state index in [-0.39, 0.29) is 18.2 Å². The van der Waals surface area contributed by atoms with Gasteiger partial charge >= 0.3 is 0 Å². The number of thiazole rings is 1. The number of aromatic nitrogens is 1. The van der Waals surface area contributed by atoms with E-state index in [0.29, 0.717) is 21.7 Å². The van der Waals surface area contributed by atoms with Crippen LogP contribution in [0.4, 0.5) is 5.13 Å². The van der Waals surface area contributed by atoms with Crippen LogP contribution in [0.15, 0.2) is 22.9 Å². The van der Waals surface area contributed by atoms with Gasteiger partial charge in [0.2, 0.25) is 5.91 Å². The highest BCUT2D eigenvalue weighted by molar-refractivity contribution is 7.14. The van der Waals surface area contributed by atoms with Gasteiger partial charge in [-0.15, -0.1) is 22.7 Å². The zero-order chi connectivity index (χ0) is 17.5. The number of carbonyl (C=O) groups is 2. The van der Waals surface area contributed by atoms with Crippen LogP contribution in [0.5, 0.6) is 0 Å². The molecule has 2 aromatic rings. The van der Waals surface area contributed by atoms with E-state index in [9.17, 15) is 9.59 Å². The first-order valence-corrected chi connectivity index (χ1v) is 10.6. The van der Waals surface area contributed by atoms with Crippen molar-refractivity contribution < 1.29 is 9.59 Å². The number of anilines is 1. The van der Waals surface area contributed by atoms with Gasteiger partial charge in [-0.3, -0.25) is 14.9 Å². The maximum Gasteiger partial charge on any atom is 0.267 e. The molecule has 0 atom stereocenters. The van der Waals surface area contributed by atoms with E-state index in [0.717, 1.165) is 12.8 Å². The molecule has 0 aromatic carbocycles. The maximum absolute atomic E-state index is 12.3. The number of hydrogen-bond donors (Lipinski definition) is 2. The first kappa shape index (κ1) is 18.1. The second-order valence-electron chi connectivity index (χ2n) is 6.36. The zero-order valence-corrected chi connectivity index (χ0v) is 15.8. The van der Waals surface area contributed by atoms with Crippen molar-refractivity contribution in [2.75, 3.05) is 5.32 Å². The third-order valence-electron chi connectivity index (χ3n) is 4.33. The van der Waals surface area contributed by atoms with E-state index < -0.39 is 0 Å². The summed E-state index contributed by atoms with van der Waals surface area (Å²) in [5.74, 6) is -0.137. The molecule has 0 bridgehead atoms. The van der Waals surface area contributed by atoms with Gasteiger partial charge in [0.05, 0.1) is 17.0 Å². The van der Waals surface area contributed by atoms with Gasteiger partial charge in [-0.25, -0.2) is 4.98 Å². The van der Waals surface area contributed by atoms with E-state index in [1.165, 1.54) is 54.8 Å². The van der Waals surface area contributed by atoms with Crippen molar-refractivity contribution >= 4 is 39.6 Å². The summed E-state index contributed by atoms with van der Waals surface area (Å²) >= 11 is 2.74. The van der Waals surface area contributed by atoms with Gasteiger partial charge in [0, 0.05) is 11.4 Å². The molecular formula is C18H23N3O2S2. The summed E-state index contributed by atoms with van der Waals surface area (Å²) in [7, 11) is 0. The van der Waals surface area contributed by atoms with Crippen molar-refractivity contribution in [2.45, 2.75) is 57.4 Å². The number of amides is 2. The summed E-state index contributed by atoms with van der Waals surface area (Å²) in [5.41, 5.74) is 0.704. The zero-order valence-electron chi connectivity index (χ0n) is 14.1. The Morgan fingerprint density at radius 2 is 1.88 bits per heavy atom. The highest BCUT2D eigenvalue weighted by Gasteiger charge is 2.16. The van der Waals surface area contributed by atoms with E-state index in [1.807, 2.05) is 16.8 Å². The summed E-state index contributed by atoms with van der Waals surface area (Å²) < 4.78 is 0. The van der Waals surface area contributed by atoms with E-state index in [2.05, 4.69) is 15.6 Å². The van der Waals surface area contributed by atoms with Gasteiger partial charge in [-0.05, 0) is 24.3 Å². The van der Waals surface area contributed by atoms with Crippen LogP contribution in [0.1, 0.15) is 60.3 Å². The van der Waals surface area contributed by atoms with E-state index in [1.54, 1.807) is 6.07 Å². The molecule has 2 heterocycles. The molecule has 1 aliphatic carbocycles. The summed E-state index contributed by atoms with van der Waals surface area (Å²) in [6.45, 7) is 0. The molecule has 0 unspecified atom stereocenters. The third kappa shape index (κ3) is 5.64. The standard InChI is InChI=1S/C18H23N3O2S2/c22-16(19-13-7-4-2-1-3-5-8-13)11-14-12-25-18(20-14)21-17(23)15-9-6-10-24-15/h6,9-10,12-13H,1-5,7-8,11H2,(H,19,22)(H,20,21,23). The van der Waals surface area contributed by atoms with Gasteiger partial charge in [-0.1, -0.05) is 38.2 Å². The second kappa shape index (κ2) is 9.10. The fourth-order valence-electron chi connectivity index (χ4n) is 3.06. The fraction of sp³-hybridized carbons (Fsp3) is 0.500. The number of nitrogens with zero attached hydrogens (tertiary/aromatic N) is 1. The van der Waals surface area contributed by atoms with Gasteiger partial charge in [-0.2, -0.15) is 0 Å². The molecule has 1 aliphatic rings. The molecule has 1 fully saturated rings. The van der Waals surface area contributed by atoms with Gasteiger partial charge < -0.3 is 5.32 Å². The fourth-order valence-corrected chi connectivity index (χ4v) is 4.38. The lowest BCUT2D eigenvalue weighted by Crippen LogP contribution is -2.36. The molecule has 2 aromatic heterocycles. The Morgan fingerprint density at radius 1 is 1.12 bits per heavy atom. The predicted octanol–water partition coefficient (Wildman–Crippen LogP) is 4.23. The summed E-state index contributed by atoms with van der Waals surface area (Å²) in [6, 6.07) is 3.91. The monoisotopic (exact) mass is 377 g/mol. The van der Waals surface area contributed by atoms with Crippen LogP contribution in [-0.2, 0) is 11.2 Å². The molecule has 1 saturated carbocycles. The number of thiophene rings is 1. The average molecular weight is 378 g/mol. The first-order valence-electron chi connectivity index (χ1n) is 8.79. The summed E-state index contributed by atoms with van der Waals surface area (Å²) in [5, 5.41) is 10.2. The lowest BCUT2D eigenvalue weighted by molar-refractivity contribution is -0.121. The van der Waals surface area contributed by atoms with Crippen molar-refractivity contribution in [1.29, 1.82) is 0 Å². The molecule has 134 valence electrons. The Labute approximate surface area is 155 Å². The quantitative estimate of drug-likeness (QED) is 0.819. The molecule has 0 spiro atoms. The van der Waals surface area contributed by atoms with Gasteiger partial charge in [0.25, 0.3) is 5.91 Å². The van der Waals surface area contributed by atoms with Crippen LogP contribution in [0.25, 0.3) is 0 Å². The SMILES string of the molecule is O=C(Cc1csc(NC(=O)c2cccs2)n1)NC1CCCCCCC1. The highest BCUT2D eigenvalue weighted by Crippen LogP contribution is 2.19. The molecule has 5 nitrogen and oxygen atoms in total. The number of rotatable bonds is 5. The molecule has 3 rings (SSSR count). The Morgan fingerprint density at radius 3 is 2.60 bits per heavy atom. The summed E-state index contributed by atoms with van der Waals surface area (Å²) in [6.07, 6.45) is 8.66. The summed E-state index contributed by atoms with van der Waals surface area (Å²) in [4.78, 5) is 29.3.